The van der Waals surface area contributed by atoms with Crippen molar-refractivity contribution in [2.24, 2.45) is 0 Å². The molecule has 1 N–H and O–H groups in total. The maximum absolute atomic E-state index is 10.9. The van der Waals surface area contributed by atoms with E-state index in [1.165, 1.54) is 0 Å². The molecule has 0 aromatic carbocycles. The normalized spacial score (nSPS) is 19.9. The number of carboxylic acids is 1. The number of rotatable bonds is 3. The zero-order valence-corrected chi connectivity index (χ0v) is 10.8. The Morgan fingerprint density at radius 1 is 1.27 bits per heavy atom. The fraction of sp³-hybridized carbons (Fsp3) is 0.889. The van der Waals surface area contributed by atoms with Gasteiger partial charge >= 0.3 is 5.97 Å². The highest BCUT2D eigenvalue weighted by molar-refractivity contribution is 5.85. The Labute approximate surface area is 103 Å². The monoisotopic (exact) mass is 258 g/mol. The molecule has 0 spiro atoms. The van der Waals surface area contributed by atoms with Crippen LogP contribution in [0.3, 0.4) is 0 Å². The lowest BCUT2D eigenvalue weighted by Gasteiger charge is -2.35. The number of aliphatic carboxylic acids is 1. The van der Waals surface area contributed by atoms with Crippen LogP contribution in [-0.2, 0) is 4.79 Å². The van der Waals surface area contributed by atoms with Gasteiger partial charge in [-0.1, -0.05) is 6.92 Å². The van der Waals surface area contributed by atoms with Gasteiger partial charge in [-0.3, -0.25) is 9.69 Å². The van der Waals surface area contributed by atoms with Crippen molar-refractivity contribution in [3.8, 4) is 0 Å². The van der Waals surface area contributed by atoms with Crippen molar-refractivity contribution in [3.63, 3.8) is 0 Å². The average molecular weight is 259 g/mol. The molecule has 1 atom stereocenters. The number of halogens is 2. The molecule has 0 aliphatic carbocycles. The molecule has 1 aliphatic heterocycles. The average Bonchev–Trinajstić information content (AvgIpc) is 2.09. The Kier molecular flexibility index (Phi) is 9.45. The van der Waals surface area contributed by atoms with Crippen LogP contribution in [0.4, 0.5) is 0 Å². The summed E-state index contributed by atoms with van der Waals surface area (Å²) in [5.74, 6) is -0.688. The van der Waals surface area contributed by atoms with Gasteiger partial charge in [-0.15, -0.1) is 24.8 Å². The largest absolute Gasteiger partial charge is 0.480 e. The highest BCUT2D eigenvalue weighted by atomic mass is 35.5. The van der Waals surface area contributed by atoms with Gasteiger partial charge in [0.1, 0.15) is 6.04 Å². The van der Waals surface area contributed by atoms with E-state index in [0.29, 0.717) is 6.42 Å². The second-order valence-corrected chi connectivity index (χ2v) is 3.60. The summed E-state index contributed by atoms with van der Waals surface area (Å²) in [5, 5.41) is 8.94. The van der Waals surface area contributed by atoms with Gasteiger partial charge in [0.25, 0.3) is 0 Å². The number of nitrogens with zero attached hydrogens (tertiary/aromatic N) is 2. The summed E-state index contributed by atoms with van der Waals surface area (Å²) >= 11 is 0. The van der Waals surface area contributed by atoms with Gasteiger partial charge in [0.2, 0.25) is 0 Å². The number of hydrogen-bond acceptors (Lipinski definition) is 3. The first-order chi connectivity index (χ1) is 6.15. The van der Waals surface area contributed by atoms with Crippen molar-refractivity contribution in [2.75, 3.05) is 33.2 Å². The van der Waals surface area contributed by atoms with E-state index in [1.54, 1.807) is 0 Å². The Morgan fingerprint density at radius 3 is 2.07 bits per heavy atom. The molecule has 1 saturated heterocycles. The third-order valence-electron chi connectivity index (χ3n) is 2.65. The van der Waals surface area contributed by atoms with Crippen LogP contribution in [0.25, 0.3) is 0 Å². The third kappa shape index (κ3) is 5.02. The molecule has 1 aliphatic rings. The van der Waals surface area contributed by atoms with Crippen LogP contribution >= 0.6 is 24.8 Å². The van der Waals surface area contributed by atoms with E-state index >= 15 is 0 Å². The Balaban J connectivity index is 0. The quantitative estimate of drug-likeness (QED) is 0.819. The van der Waals surface area contributed by atoms with E-state index in [-0.39, 0.29) is 30.9 Å². The van der Waals surface area contributed by atoms with Gasteiger partial charge in [0.15, 0.2) is 0 Å². The fourth-order valence-corrected chi connectivity index (χ4v) is 1.72. The van der Waals surface area contributed by atoms with E-state index in [0.717, 1.165) is 26.2 Å². The molecule has 1 heterocycles. The lowest BCUT2D eigenvalue weighted by molar-refractivity contribution is -0.144. The van der Waals surface area contributed by atoms with E-state index in [2.05, 4.69) is 16.8 Å². The topological polar surface area (TPSA) is 43.8 Å². The van der Waals surface area contributed by atoms with E-state index in [1.807, 2.05) is 6.92 Å². The number of piperazine rings is 1. The minimum atomic E-state index is -0.688. The zero-order chi connectivity index (χ0) is 9.84. The molecule has 0 bridgehead atoms. The number of hydrogen-bond donors (Lipinski definition) is 1. The molecule has 0 radical (unpaired) electrons. The summed E-state index contributed by atoms with van der Waals surface area (Å²) in [7, 11) is 2.07. The Bertz CT molecular complexity index is 185. The van der Waals surface area contributed by atoms with Crippen LogP contribution in [0.5, 0.6) is 0 Å². The molecule has 15 heavy (non-hydrogen) atoms. The maximum Gasteiger partial charge on any atom is 0.320 e. The fourth-order valence-electron chi connectivity index (χ4n) is 1.72. The minimum absolute atomic E-state index is 0. The smallest absolute Gasteiger partial charge is 0.320 e. The third-order valence-corrected chi connectivity index (χ3v) is 2.65. The molecule has 0 amide bonds. The molecule has 4 nitrogen and oxygen atoms in total. The number of likely N-dealkylation sites (N-methyl/N-ethyl adjacent to an activating group) is 1. The summed E-state index contributed by atoms with van der Waals surface area (Å²) in [6.45, 7) is 5.63. The van der Waals surface area contributed by atoms with Crippen molar-refractivity contribution < 1.29 is 9.90 Å². The lowest BCUT2D eigenvalue weighted by Crippen LogP contribution is -2.51. The first-order valence-electron chi connectivity index (χ1n) is 4.80. The molecular formula is C9H20Cl2N2O2. The molecule has 1 fully saturated rings. The molecule has 92 valence electrons. The predicted octanol–water partition coefficient (Wildman–Crippen LogP) is 0.941. The highest BCUT2D eigenvalue weighted by Crippen LogP contribution is 2.08. The van der Waals surface area contributed by atoms with Crippen molar-refractivity contribution >= 4 is 30.8 Å². The SMILES string of the molecule is CCC(C(=O)O)N1CCN(C)CC1.Cl.Cl. The van der Waals surface area contributed by atoms with Crippen molar-refractivity contribution in [1.29, 1.82) is 0 Å². The first-order valence-corrected chi connectivity index (χ1v) is 4.80. The second kappa shape index (κ2) is 8.16. The lowest BCUT2D eigenvalue weighted by atomic mass is 10.1. The van der Waals surface area contributed by atoms with Crippen molar-refractivity contribution in [2.45, 2.75) is 19.4 Å². The Morgan fingerprint density at radius 2 is 1.73 bits per heavy atom. The Hall–Kier alpha value is -0.0300. The molecule has 1 rings (SSSR count). The molecule has 0 aromatic rings. The molecule has 0 aromatic heterocycles. The van der Waals surface area contributed by atoms with E-state index in [9.17, 15) is 4.79 Å². The van der Waals surface area contributed by atoms with Gasteiger partial charge in [0.05, 0.1) is 0 Å². The van der Waals surface area contributed by atoms with Crippen LogP contribution < -0.4 is 0 Å². The standard InChI is InChI=1S/C9H18N2O2.2ClH/c1-3-8(9(12)13)11-6-4-10(2)5-7-11;;/h8H,3-7H2,1-2H3,(H,12,13);2*1H. The second-order valence-electron chi connectivity index (χ2n) is 3.60. The molecular weight excluding hydrogens is 239 g/mol. The van der Waals surface area contributed by atoms with Crippen LogP contribution in [0, 0.1) is 0 Å². The number of carboxylic acid groups (broad SMARTS) is 1. The van der Waals surface area contributed by atoms with Gasteiger partial charge in [-0.05, 0) is 13.5 Å². The van der Waals surface area contributed by atoms with Crippen LogP contribution in [-0.4, -0.2) is 60.1 Å². The van der Waals surface area contributed by atoms with Crippen molar-refractivity contribution in [1.82, 2.24) is 9.80 Å². The van der Waals surface area contributed by atoms with Gasteiger partial charge in [-0.25, -0.2) is 0 Å². The number of carbonyl (C=O) groups is 1. The van der Waals surface area contributed by atoms with Gasteiger partial charge in [-0.2, -0.15) is 0 Å². The summed E-state index contributed by atoms with van der Waals surface area (Å²) in [4.78, 5) is 15.1. The van der Waals surface area contributed by atoms with Crippen LogP contribution in [0.1, 0.15) is 13.3 Å². The first kappa shape index (κ1) is 17.4. The molecule has 0 saturated carbocycles. The predicted molar refractivity (Wildman–Crippen MR) is 65.3 cm³/mol. The highest BCUT2D eigenvalue weighted by Gasteiger charge is 2.25. The summed E-state index contributed by atoms with van der Waals surface area (Å²) < 4.78 is 0. The summed E-state index contributed by atoms with van der Waals surface area (Å²) in [5.41, 5.74) is 0. The maximum atomic E-state index is 10.9. The zero-order valence-electron chi connectivity index (χ0n) is 9.18. The summed E-state index contributed by atoms with van der Waals surface area (Å²) in [6.07, 6.45) is 0.693. The van der Waals surface area contributed by atoms with Gasteiger partial charge < -0.3 is 10.0 Å². The summed E-state index contributed by atoms with van der Waals surface area (Å²) in [6, 6.07) is -0.284. The van der Waals surface area contributed by atoms with Crippen LogP contribution in [0.15, 0.2) is 0 Å². The van der Waals surface area contributed by atoms with Gasteiger partial charge in [0, 0.05) is 26.2 Å². The minimum Gasteiger partial charge on any atom is -0.480 e. The van der Waals surface area contributed by atoms with Crippen molar-refractivity contribution in [3.05, 3.63) is 0 Å². The van der Waals surface area contributed by atoms with E-state index in [4.69, 9.17) is 5.11 Å². The molecule has 1 unspecified atom stereocenters. The van der Waals surface area contributed by atoms with Crippen LogP contribution in [0.2, 0.25) is 0 Å². The molecule has 6 heteroatoms. The van der Waals surface area contributed by atoms with E-state index < -0.39 is 5.97 Å².